The monoisotopic (exact) mass is 200 g/mol. The predicted molar refractivity (Wildman–Crippen MR) is 66.8 cm³/mol. The van der Waals surface area contributed by atoms with Gasteiger partial charge in [0, 0.05) is 18.9 Å². The zero-order chi connectivity index (χ0) is 11.1. The average molecular weight is 200 g/mol. The van der Waals surface area contributed by atoms with E-state index in [1.165, 1.54) is 0 Å². The van der Waals surface area contributed by atoms with Crippen molar-refractivity contribution in [2.24, 2.45) is 0 Å². The quantitative estimate of drug-likeness (QED) is 0.738. The molecular weight excluding hydrogens is 184 g/mol. The van der Waals surface area contributed by atoms with E-state index in [0.717, 1.165) is 23.4 Å². The van der Waals surface area contributed by atoms with E-state index in [0.29, 0.717) is 0 Å². The number of allylic oxidation sites excluding steroid dienone is 3. The van der Waals surface area contributed by atoms with E-state index in [-0.39, 0.29) is 0 Å². The Morgan fingerprint density at radius 3 is 3.07 bits per heavy atom. The summed E-state index contributed by atoms with van der Waals surface area (Å²) in [7, 11) is 1.89. The van der Waals surface area contributed by atoms with Crippen LogP contribution in [0.3, 0.4) is 0 Å². The summed E-state index contributed by atoms with van der Waals surface area (Å²) >= 11 is 0. The second-order valence-corrected chi connectivity index (χ2v) is 3.19. The summed E-state index contributed by atoms with van der Waals surface area (Å²) in [6.45, 7) is 7.49. The van der Waals surface area contributed by atoms with E-state index < -0.39 is 0 Å². The lowest BCUT2D eigenvalue weighted by atomic mass is 10.2. The van der Waals surface area contributed by atoms with E-state index in [9.17, 15) is 0 Å². The van der Waals surface area contributed by atoms with Crippen LogP contribution in [0.1, 0.15) is 12.1 Å². The minimum atomic E-state index is 0.814. The first kappa shape index (κ1) is 11.2. The lowest BCUT2D eigenvalue weighted by Crippen LogP contribution is -1.89. The summed E-state index contributed by atoms with van der Waals surface area (Å²) in [6.07, 6.45) is 8.38. The van der Waals surface area contributed by atoms with Crippen molar-refractivity contribution in [1.29, 1.82) is 0 Å². The maximum Gasteiger partial charge on any atom is 0.0647 e. The zero-order valence-electron chi connectivity index (χ0n) is 9.03. The van der Waals surface area contributed by atoms with Gasteiger partial charge in [-0.3, -0.25) is 4.98 Å². The topological polar surface area (TPSA) is 24.9 Å². The molecule has 0 unspecified atom stereocenters. The third-order valence-electron chi connectivity index (χ3n) is 2.03. The molecule has 1 rings (SSSR count). The molecule has 1 aromatic rings. The Labute approximate surface area is 91.1 Å². The minimum absolute atomic E-state index is 0.814. The number of nitrogens with zero attached hydrogens (tertiary/aromatic N) is 1. The Morgan fingerprint density at radius 1 is 1.60 bits per heavy atom. The van der Waals surface area contributed by atoms with Crippen molar-refractivity contribution in [1.82, 2.24) is 4.98 Å². The second kappa shape index (κ2) is 5.81. The fraction of sp³-hybridized carbons (Fsp3) is 0.154. The van der Waals surface area contributed by atoms with Gasteiger partial charge in [0.05, 0.1) is 5.69 Å². The first-order valence-corrected chi connectivity index (χ1v) is 4.87. The molecule has 1 aromatic heterocycles. The third kappa shape index (κ3) is 3.81. The van der Waals surface area contributed by atoms with Crippen molar-refractivity contribution < 1.29 is 0 Å². The van der Waals surface area contributed by atoms with E-state index in [1.807, 2.05) is 31.3 Å². The summed E-state index contributed by atoms with van der Waals surface area (Å²) in [4.78, 5) is 4.23. The van der Waals surface area contributed by atoms with Gasteiger partial charge in [0.15, 0.2) is 0 Å². The molecule has 2 heteroatoms. The van der Waals surface area contributed by atoms with Gasteiger partial charge in [-0.15, -0.1) is 0 Å². The van der Waals surface area contributed by atoms with E-state index in [1.54, 1.807) is 12.3 Å². The number of anilines is 1. The second-order valence-electron chi connectivity index (χ2n) is 3.19. The number of rotatable bonds is 5. The molecule has 0 radical (unpaired) electrons. The minimum Gasteiger partial charge on any atom is -0.388 e. The van der Waals surface area contributed by atoms with Crippen molar-refractivity contribution in [3.05, 3.63) is 54.9 Å². The van der Waals surface area contributed by atoms with Crippen LogP contribution in [0, 0.1) is 0 Å². The van der Waals surface area contributed by atoms with Crippen LogP contribution in [0.5, 0.6) is 0 Å². The van der Waals surface area contributed by atoms with Gasteiger partial charge in [0.2, 0.25) is 0 Å². The van der Waals surface area contributed by atoms with Gasteiger partial charge < -0.3 is 5.32 Å². The predicted octanol–water partition coefficient (Wildman–Crippen LogP) is 3.27. The molecule has 1 heterocycles. The van der Waals surface area contributed by atoms with Crippen LogP contribution in [0.15, 0.2) is 49.2 Å². The molecule has 0 aliphatic heterocycles. The zero-order valence-corrected chi connectivity index (χ0v) is 9.03. The molecule has 78 valence electrons. The Morgan fingerprint density at radius 2 is 2.40 bits per heavy atom. The van der Waals surface area contributed by atoms with Crippen molar-refractivity contribution in [3.63, 3.8) is 0 Å². The standard InChI is InChI=1S/C13H16N2/c1-4-11(2)6-5-7-13-10-12(14-3)8-9-15-13/h4-5,7-10H,1-2,6H2,3H3,(H,14,15)/b7-5+. The van der Waals surface area contributed by atoms with Crippen LogP contribution in [0.2, 0.25) is 0 Å². The van der Waals surface area contributed by atoms with Gasteiger partial charge in [0.25, 0.3) is 0 Å². The van der Waals surface area contributed by atoms with Crippen LogP contribution in [-0.4, -0.2) is 12.0 Å². The summed E-state index contributed by atoms with van der Waals surface area (Å²) in [6, 6.07) is 3.92. The Hall–Kier alpha value is -1.83. The van der Waals surface area contributed by atoms with Crippen LogP contribution in [0.4, 0.5) is 5.69 Å². The third-order valence-corrected chi connectivity index (χ3v) is 2.03. The van der Waals surface area contributed by atoms with Gasteiger partial charge in [-0.1, -0.05) is 30.9 Å². The van der Waals surface area contributed by atoms with Crippen molar-refractivity contribution in [3.8, 4) is 0 Å². The highest BCUT2D eigenvalue weighted by Crippen LogP contribution is 2.09. The molecule has 0 spiro atoms. The molecule has 0 aromatic carbocycles. The molecule has 0 amide bonds. The average Bonchev–Trinajstić information content (AvgIpc) is 2.29. The highest BCUT2D eigenvalue weighted by molar-refractivity contribution is 5.53. The summed E-state index contributed by atoms with van der Waals surface area (Å²) in [5.74, 6) is 0. The van der Waals surface area contributed by atoms with Crippen LogP contribution < -0.4 is 5.32 Å². The Balaban J connectivity index is 2.63. The molecule has 0 fully saturated rings. The van der Waals surface area contributed by atoms with Crippen molar-refractivity contribution in [2.75, 3.05) is 12.4 Å². The number of pyridine rings is 1. The molecule has 0 saturated heterocycles. The Kier molecular flexibility index (Phi) is 4.35. The first-order valence-electron chi connectivity index (χ1n) is 4.87. The van der Waals surface area contributed by atoms with Crippen LogP contribution >= 0.6 is 0 Å². The normalized spacial score (nSPS) is 10.2. The maximum atomic E-state index is 4.23. The number of hydrogen-bond donors (Lipinski definition) is 1. The smallest absolute Gasteiger partial charge is 0.0647 e. The van der Waals surface area contributed by atoms with Crippen molar-refractivity contribution in [2.45, 2.75) is 6.42 Å². The fourth-order valence-corrected chi connectivity index (χ4v) is 1.11. The van der Waals surface area contributed by atoms with Gasteiger partial charge in [-0.05, 0) is 24.6 Å². The summed E-state index contributed by atoms with van der Waals surface area (Å²) in [5, 5.41) is 3.07. The molecule has 0 saturated carbocycles. The van der Waals surface area contributed by atoms with E-state index in [4.69, 9.17) is 0 Å². The molecule has 0 bridgehead atoms. The number of aromatic nitrogens is 1. The largest absolute Gasteiger partial charge is 0.388 e. The highest BCUT2D eigenvalue weighted by Gasteiger charge is 1.90. The molecule has 15 heavy (non-hydrogen) atoms. The van der Waals surface area contributed by atoms with Gasteiger partial charge in [0.1, 0.15) is 0 Å². The Bertz CT molecular complexity index is 378. The molecule has 1 N–H and O–H groups in total. The highest BCUT2D eigenvalue weighted by atomic mass is 14.8. The van der Waals surface area contributed by atoms with Gasteiger partial charge in [-0.2, -0.15) is 0 Å². The lowest BCUT2D eigenvalue weighted by molar-refractivity contribution is 1.27. The van der Waals surface area contributed by atoms with Gasteiger partial charge >= 0.3 is 0 Å². The summed E-state index contributed by atoms with van der Waals surface area (Å²) in [5.41, 5.74) is 3.02. The molecule has 0 aliphatic rings. The van der Waals surface area contributed by atoms with E-state index >= 15 is 0 Å². The van der Waals surface area contributed by atoms with Gasteiger partial charge in [-0.25, -0.2) is 0 Å². The maximum absolute atomic E-state index is 4.23. The SMILES string of the molecule is C=CC(=C)C/C=C/c1cc(NC)ccn1. The van der Waals surface area contributed by atoms with Crippen LogP contribution in [0.25, 0.3) is 6.08 Å². The van der Waals surface area contributed by atoms with Crippen molar-refractivity contribution >= 4 is 11.8 Å². The molecule has 0 atom stereocenters. The molecule has 2 nitrogen and oxygen atoms in total. The fourth-order valence-electron chi connectivity index (χ4n) is 1.11. The molecular formula is C13H16N2. The lowest BCUT2D eigenvalue weighted by Gasteiger charge is -1.99. The first-order chi connectivity index (χ1) is 7.26. The van der Waals surface area contributed by atoms with Crippen LogP contribution in [-0.2, 0) is 0 Å². The number of nitrogens with one attached hydrogen (secondary N) is 1. The van der Waals surface area contributed by atoms with E-state index in [2.05, 4.69) is 23.5 Å². The number of hydrogen-bond acceptors (Lipinski definition) is 2. The molecule has 0 aliphatic carbocycles. The summed E-state index contributed by atoms with van der Waals surface area (Å²) < 4.78 is 0.